The minimum Gasteiger partial charge on any atom is -0.334 e. The highest BCUT2D eigenvalue weighted by Crippen LogP contribution is 2.14. The van der Waals surface area contributed by atoms with Crippen LogP contribution in [0.25, 0.3) is 0 Å². The molecular weight excluding hydrogens is 292 g/mol. The summed E-state index contributed by atoms with van der Waals surface area (Å²) in [7, 11) is 0. The molecule has 0 fully saturated rings. The number of amides is 3. The number of pyridine rings is 1. The zero-order valence-corrected chi connectivity index (χ0v) is 12.8. The van der Waals surface area contributed by atoms with E-state index in [1.165, 1.54) is 0 Å². The standard InChI is InChI=1S/C17H18N4O2/c1-3-11-18-17(23)21-14-9-7-13(8-10-14)20-16(22)15-6-4-5-12(2)19-15/h3-10H,1,11H2,2H3,(H,20,22)(H2,18,21,23). The molecule has 2 rings (SSSR count). The van der Waals surface area contributed by atoms with Crippen LogP contribution in [0.15, 0.2) is 55.1 Å². The van der Waals surface area contributed by atoms with Crippen LogP contribution in [0.5, 0.6) is 0 Å². The van der Waals surface area contributed by atoms with Gasteiger partial charge in [-0.05, 0) is 43.3 Å². The van der Waals surface area contributed by atoms with Crippen molar-refractivity contribution in [3.8, 4) is 0 Å². The quantitative estimate of drug-likeness (QED) is 0.742. The number of aromatic nitrogens is 1. The van der Waals surface area contributed by atoms with Gasteiger partial charge in [-0.2, -0.15) is 0 Å². The molecule has 0 saturated carbocycles. The average molecular weight is 310 g/mol. The molecule has 118 valence electrons. The van der Waals surface area contributed by atoms with Crippen molar-refractivity contribution in [2.75, 3.05) is 17.2 Å². The first-order valence-corrected chi connectivity index (χ1v) is 7.09. The second-order valence-corrected chi connectivity index (χ2v) is 4.82. The Bertz CT molecular complexity index is 711. The molecule has 2 aromatic rings. The van der Waals surface area contributed by atoms with Gasteiger partial charge < -0.3 is 16.0 Å². The number of urea groups is 1. The lowest BCUT2D eigenvalue weighted by Gasteiger charge is -2.08. The van der Waals surface area contributed by atoms with Gasteiger partial charge in [0.2, 0.25) is 0 Å². The van der Waals surface area contributed by atoms with Gasteiger partial charge in [-0.3, -0.25) is 4.79 Å². The SMILES string of the molecule is C=CCNC(=O)Nc1ccc(NC(=O)c2cccc(C)n2)cc1. The van der Waals surface area contributed by atoms with Gasteiger partial charge in [0.1, 0.15) is 5.69 Å². The van der Waals surface area contributed by atoms with Gasteiger partial charge in [-0.15, -0.1) is 6.58 Å². The molecule has 1 aromatic heterocycles. The molecule has 0 saturated heterocycles. The molecule has 1 heterocycles. The average Bonchev–Trinajstić information content (AvgIpc) is 2.54. The van der Waals surface area contributed by atoms with Crippen molar-refractivity contribution in [2.45, 2.75) is 6.92 Å². The maximum Gasteiger partial charge on any atom is 0.319 e. The highest BCUT2D eigenvalue weighted by Gasteiger charge is 2.08. The van der Waals surface area contributed by atoms with Crippen LogP contribution in [0.3, 0.4) is 0 Å². The fourth-order valence-electron chi connectivity index (χ4n) is 1.84. The summed E-state index contributed by atoms with van der Waals surface area (Å²) >= 11 is 0. The molecule has 0 aliphatic heterocycles. The second kappa shape index (κ2) is 7.74. The Morgan fingerprint density at radius 3 is 2.35 bits per heavy atom. The lowest BCUT2D eigenvalue weighted by atomic mass is 10.2. The van der Waals surface area contributed by atoms with Gasteiger partial charge in [-0.1, -0.05) is 12.1 Å². The zero-order chi connectivity index (χ0) is 16.7. The molecule has 0 atom stereocenters. The van der Waals surface area contributed by atoms with Crippen molar-refractivity contribution >= 4 is 23.3 Å². The van der Waals surface area contributed by atoms with Gasteiger partial charge in [-0.25, -0.2) is 9.78 Å². The summed E-state index contributed by atoms with van der Waals surface area (Å²) in [5, 5.41) is 8.04. The van der Waals surface area contributed by atoms with Gasteiger partial charge in [0.05, 0.1) is 0 Å². The molecule has 3 N–H and O–H groups in total. The second-order valence-electron chi connectivity index (χ2n) is 4.82. The van der Waals surface area contributed by atoms with Crippen molar-refractivity contribution in [1.29, 1.82) is 0 Å². The summed E-state index contributed by atoms with van der Waals surface area (Å²) < 4.78 is 0. The highest BCUT2D eigenvalue weighted by atomic mass is 16.2. The van der Waals surface area contributed by atoms with Crippen molar-refractivity contribution < 1.29 is 9.59 Å². The number of nitrogens with one attached hydrogen (secondary N) is 3. The Balaban J connectivity index is 1.95. The third kappa shape index (κ3) is 4.96. The number of hydrogen-bond acceptors (Lipinski definition) is 3. The molecule has 0 radical (unpaired) electrons. The highest BCUT2D eigenvalue weighted by molar-refractivity contribution is 6.03. The number of carbonyl (C=O) groups excluding carboxylic acids is 2. The molecule has 23 heavy (non-hydrogen) atoms. The topological polar surface area (TPSA) is 83.1 Å². The first kappa shape index (κ1) is 16.2. The molecule has 0 bridgehead atoms. The van der Waals surface area contributed by atoms with Crippen molar-refractivity contribution in [3.05, 3.63) is 66.5 Å². The molecule has 6 nitrogen and oxygen atoms in total. The van der Waals surface area contributed by atoms with Crippen LogP contribution in [0.4, 0.5) is 16.2 Å². The molecular formula is C17H18N4O2. The van der Waals surface area contributed by atoms with Crippen molar-refractivity contribution in [1.82, 2.24) is 10.3 Å². The number of anilines is 2. The Kier molecular flexibility index (Phi) is 5.46. The van der Waals surface area contributed by atoms with E-state index in [9.17, 15) is 9.59 Å². The maximum atomic E-state index is 12.1. The predicted molar refractivity (Wildman–Crippen MR) is 90.6 cm³/mol. The first-order chi connectivity index (χ1) is 11.1. The third-order valence-corrected chi connectivity index (χ3v) is 2.93. The van der Waals surface area contributed by atoms with Crippen LogP contribution in [-0.4, -0.2) is 23.5 Å². The van der Waals surface area contributed by atoms with Crippen LogP contribution >= 0.6 is 0 Å². The molecule has 6 heteroatoms. The Morgan fingerprint density at radius 2 is 1.74 bits per heavy atom. The summed E-state index contributed by atoms with van der Waals surface area (Å²) in [4.78, 5) is 27.8. The minimum atomic E-state index is -0.314. The van der Waals surface area contributed by atoms with E-state index in [1.807, 2.05) is 13.0 Å². The Morgan fingerprint density at radius 1 is 1.09 bits per heavy atom. The first-order valence-electron chi connectivity index (χ1n) is 7.09. The number of benzene rings is 1. The number of hydrogen-bond donors (Lipinski definition) is 3. The van der Waals surface area contributed by atoms with Crippen LogP contribution in [0, 0.1) is 6.92 Å². The summed E-state index contributed by atoms with van der Waals surface area (Å²) in [5.74, 6) is -0.280. The molecule has 0 aliphatic carbocycles. The minimum absolute atomic E-state index is 0.280. The van der Waals surface area contributed by atoms with Gasteiger partial charge in [0.15, 0.2) is 0 Å². The van der Waals surface area contributed by atoms with Gasteiger partial charge in [0.25, 0.3) is 5.91 Å². The molecule has 0 spiro atoms. The largest absolute Gasteiger partial charge is 0.334 e. The monoisotopic (exact) mass is 310 g/mol. The normalized spacial score (nSPS) is 9.78. The molecule has 0 aliphatic rings. The van der Waals surface area contributed by atoms with Gasteiger partial charge >= 0.3 is 6.03 Å². The molecule has 0 unspecified atom stereocenters. The number of carbonyl (C=O) groups is 2. The third-order valence-electron chi connectivity index (χ3n) is 2.93. The van der Waals surface area contributed by atoms with Crippen molar-refractivity contribution in [2.24, 2.45) is 0 Å². The van der Waals surface area contributed by atoms with E-state index in [1.54, 1.807) is 42.5 Å². The fraction of sp³-hybridized carbons (Fsp3) is 0.118. The van der Waals surface area contributed by atoms with E-state index in [0.717, 1.165) is 5.69 Å². The Labute approximate surface area is 134 Å². The van der Waals surface area contributed by atoms with Crippen molar-refractivity contribution in [3.63, 3.8) is 0 Å². The molecule has 3 amide bonds. The molecule has 1 aromatic carbocycles. The summed E-state index contributed by atoms with van der Waals surface area (Å²) in [6.07, 6.45) is 1.59. The van der Waals surface area contributed by atoms with Crippen LogP contribution in [0.1, 0.15) is 16.2 Å². The van der Waals surface area contributed by atoms with E-state index in [0.29, 0.717) is 23.6 Å². The van der Waals surface area contributed by atoms with E-state index < -0.39 is 0 Å². The summed E-state index contributed by atoms with van der Waals surface area (Å²) in [6, 6.07) is 11.8. The smallest absolute Gasteiger partial charge is 0.319 e. The lowest BCUT2D eigenvalue weighted by Crippen LogP contribution is -2.28. The number of nitrogens with zero attached hydrogens (tertiary/aromatic N) is 1. The zero-order valence-electron chi connectivity index (χ0n) is 12.8. The lowest BCUT2D eigenvalue weighted by molar-refractivity contribution is 0.102. The van der Waals surface area contributed by atoms with Crippen LogP contribution in [-0.2, 0) is 0 Å². The van der Waals surface area contributed by atoms with E-state index in [-0.39, 0.29) is 11.9 Å². The van der Waals surface area contributed by atoms with Crippen LogP contribution in [0.2, 0.25) is 0 Å². The van der Waals surface area contributed by atoms with E-state index >= 15 is 0 Å². The van der Waals surface area contributed by atoms with Crippen LogP contribution < -0.4 is 16.0 Å². The maximum absolute atomic E-state index is 12.1. The van der Waals surface area contributed by atoms with Gasteiger partial charge in [0, 0.05) is 23.6 Å². The number of rotatable bonds is 5. The fourth-order valence-corrected chi connectivity index (χ4v) is 1.84. The summed E-state index contributed by atoms with van der Waals surface area (Å²) in [6.45, 7) is 5.74. The van der Waals surface area contributed by atoms with E-state index in [2.05, 4.69) is 27.5 Å². The predicted octanol–water partition coefficient (Wildman–Crippen LogP) is 2.95. The summed E-state index contributed by atoms with van der Waals surface area (Å²) in [5.41, 5.74) is 2.38. The van der Waals surface area contributed by atoms with E-state index in [4.69, 9.17) is 0 Å². The number of aryl methyl sites for hydroxylation is 1. The Hall–Kier alpha value is -3.15.